The molecule has 0 fully saturated rings. The van der Waals surface area contributed by atoms with Gasteiger partial charge in [0.05, 0.1) is 6.61 Å². The van der Waals surface area contributed by atoms with Crippen LogP contribution in [0.2, 0.25) is 0 Å². The van der Waals surface area contributed by atoms with Gasteiger partial charge >= 0.3 is 0 Å². The van der Waals surface area contributed by atoms with E-state index < -0.39 is 0 Å². The summed E-state index contributed by atoms with van der Waals surface area (Å²) in [6.45, 7) is 7.44. The van der Waals surface area contributed by atoms with Crippen molar-refractivity contribution in [2.45, 2.75) is 33.4 Å². The van der Waals surface area contributed by atoms with Crippen LogP contribution in [0.4, 0.5) is 5.69 Å². The van der Waals surface area contributed by atoms with Crippen LogP contribution < -0.4 is 15.4 Å². The standard InChI is InChI=1S/C18H28N6O2.HI/c1-4-19-18(20-13-17-23-21-14-24(17)5-2)22-15-8-6-9-16(12-15)26-11-7-10-25-3;/h6,8-9,12,14H,4-5,7,10-11,13H2,1-3H3,(H2,19,20,22);1H. The lowest BCUT2D eigenvalue weighted by Gasteiger charge is -2.13. The fourth-order valence-corrected chi connectivity index (χ4v) is 2.32. The summed E-state index contributed by atoms with van der Waals surface area (Å²) in [6, 6.07) is 7.81. The number of nitrogens with zero attached hydrogens (tertiary/aromatic N) is 4. The first kappa shape index (κ1) is 23.2. The monoisotopic (exact) mass is 488 g/mol. The van der Waals surface area contributed by atoms with Gasteiger partial charge in [-0.1, -0.05) is 6.07 Å². The summed E-state index contributed by atoms with van der Waals surface area (Å²) < 4.78 is 12.7. The molecule has 2 N–H and O–H groups in total. The van der Waals surface area contributed by atoms with Crippen LogP contribution in [0.25, 0.3) is 0 Å². The second-order valence-corrected chi connectivity index (χ2v) is 5.58. The number of guanidine groups is 1. The van der Waals surface area contributed by atoms with E-state index in [2.05, 4.69) is 32.7 Å². The second-order valence-electron chi connectivity index (χ2n) is 5.58. The summed E-state index contributed by atoms with van der Waals surface area (Å²) >= 11 is 0. The van der Waals surface area contributed by atoms with Gasteiger partial charge < -0.3 is 24.7 Å². The Bertz CT molecular complexity index is 692. The zero-order chi connectivity index (χ0) is 18.6. The number of hydrogen-bond donors (Lipinski definition) is 2. The zero-order valence-corrected chi connectivity index (χ0v) is 18.5. The first-order valence-corrected chi connectivity index (χ1v) is 8.90. The Balaban J connectivity index is 0.00000364. The molecule has 1 aromatic heterocycles. The van der Waals surface area contributed by atoms with E-state index in [1.165, 1.54) is 0 Å². The number of aromatic nitrogens is 3. The van der Waals surface area contributed by atoms with Gasteiger partial charge in [0.1, 0.15) is 18.6 Å². The fraction of sp³-hybridized carbons (Fsp3) is 0.500. The van der Waals surface area contributed by atoms with Crippen LogP contribution in [0.1, 0.15) is 26.1 Å². The summed E-state index contributed by atoms with van der Waals surface area (Å²) in [5.74, 6) is 2.34. The van der Waals surface area contributed by atoms with Crippen LogP contribution in [0.3, 0.4) is 0 Å². The summed E-state index contributed by atoms with van der Waals surface area (Å²) in [5.41, 5.74) is 0.908. The molecule has 1 aromatic carbocycles. The molecule has 0 amide bonds. The molecular formula is C18H29IN6O2. The van der Waals surface area contributed by atoms with Crippen LogP contribution in [-0.4, -0.2) is 47.6 Å². The van der Waals surface area contributed by atoms with E-state index >= 15 is 0 Å². The molecule has 0 aliphatic carbocycles. The minimum absolute atomic E-state index is 0. The van der Waals surface area contributed by atoms with Crippen molar-refractivity contribution in [2.75, 3.05) is 32.2 Å². The molecule has 0 atom stereocenters. The molecule has 0 radical (unpaired) electrons. The number of aliphatic imine (C=N–C) groups is 1. The number of benzene rings is 1. The highest BCUT2D eigenvalue weighted by atomic mass is 127. The zero-order valence-electron chi connectivity index (χ0n) is 16.1. The summed E-state index contributed by atoms with van der Waals surface area (Å²) in [5, 5.41) is 14.6. The topological polar surface area (TPSA) is 85.6 Å². The molecule has 9 heteroatoms. The molecule has 2 aromatic rings. The minimum atomic E-state index is 0. The van der Waals surface area contributed by atoms with E-state index in [4.69, 9.17) is 9.47 Å². The fourth-order valence-electron chi connectivity index (χ4n) is 2.32. The van der Waals surface area contributed by atoms with Crippen LogP contribution >= 0.6 is 24.0 Å². The van der Waals surface area contributed by atoms with Crippen LogP contribution in [0, 0.1) is 0 Å². The highest BCUT2D eigenvalue weighted by molar-refractivity contribution is 14.0. The molecule has 0 saturated carbocycles. The Labute approximate surface area is 177 Å². The molecule has 8 nitrogen and oxygen atoms in total. The van der Waals surface area contributed by atoms with Crippen molar-refractivity contribution in [1.29, 1.82) is 0 Å². The van der Waals surface area contributed by atoms with Crippen LogP contribution in [-0.2, 0) is 17.8 Å². The van der Waals surface area contributed by atoms with Crippen molar-refractivity contribution < 1.29 is 9.47 Å². The molecule has 0 bridgehead atoms. The van der Waals surface area contributed by atoms with E-state index in [-0.39, 0.29) is 24.0 Å². The molecule has 1 heterocycles. The summed E-state index contributed by atoms with van der Waals surface area (Å²) in [7, 11) is 1.69. The second kappa shape index (κ2) is 13.3. The molecular weight excluding hydrogens is 459 g/mol. The molecule has 0 aliphatic rings. The van der Waals surface area contributed by atoms with E-state index in [0.717, 1.165) is 36.8 Å². The Kier molecular flexibility index (Phi) is 11.4. The van der Waals surface area contributed by atoms with Crippen molar-refractivity contribution in [3.05, 3.63) is 36.4 Å². The predicted molar refractivity (Wildman–Crippen MR) is 118 cm³/mol. The molecule has 2 rings (SSSR count). The average Bonchev–Trinajstić information content (AvgIpc) is 3.11. The summed E-state index contributed by atoms with van der Waals surface area (Å²) in [6.07, 6.45) is 2.58. The number of aryl methyl sites for hydroxylation is 1. The minimum Gasteiger partial charge on any atom is -0.493 e. The van der Waals surface area contributed by atoms with Gasteiger partial charge in [-0.05, 0) is 26.0 Å². The van der Waals surface area contributed by atoms with E-state index in [1.54, 1.807) is 13.4 Å². The third kappa shape index (κ3) is 8.12. The van der Waals surface area contributed by atoms with Gasteiger partial charge in [0.15, 0.2) is 11.8 Å². The van der Waals surface area contributed by atoms with Crippen LogP contribution in [0.15, 0.2) is 35.6 Å². The lowest BCUT2D eigenvalue weighted by Crippen LogP contribution is -2.30. The van der Waals surface area contributed by atoms with E-state index in [0.29, 0.717) is 25.7 Å². The molecule has 0 spiro atoms. The smallest absolute Gasteiger partial charge is 0.196 e. The van der Waals surface area contributed by atoms with Crippen molar-refractivity contribution in [3.63, 3.8) is 0 Å². The number of anilines is 1. The van der Waals surface area contributed by atoms with Crippen molar-refractivity contribution in [3.8, 4) is 5.75 Å². The van der Waals surface area contributed by atoms with Gasteiger partial charge in [-0.15, -0.1) is 34.2 Å². The molecule has 0 saturated heterocycles. The van der Waals surface area contributed by atoms with Crippen molar-refractivity contribution in [1.82, 2.24) is 20.1 Å². The predicted octanol–water partition coefficient (Wildman–Crippen LogP) is 2.91. The Hall–Kier alpha value is -1.88. The van der Waals surface area contributed by atoms with Gasteiger partial charge in [0.25, 0.3) is 0 Å². The highest BCUT2D eigenvalue weighted by Gasteiger charge is 2.04. The Morgan fingerprint density at radius 2 is 2.11 bits per heavy atom. The lowest BCUT2D eigenvalue weighted by molar-refractivity contribution is 0.172. The van der Waals surface area contributed by atoms with Gasteiger partial charge in [-0.2, -0.15) is 0 Å². The largest absolute Gasteiger partial charge is 0.493 e. The summed E-state index contributed by atoms with van der Waals surface area (Å²) in [4.78, 5) is 4.59. The molecule has 0 aliphatic heterocycles. The average molecular weight is 488 g/mol. The van der Waals surface area contributed by atoms with Gasteiger partial charge in [0.2, 0.25) is 0 Å². The molecule has 0 unspecified atom stereocenters. The van der Waals surface area contributed by atoms with Gasteiger partial charge in [-0.3, -0.25) is 0 Å². The quantitative estimate of drug-likeness (QED) is 0.232. The van der Waals surface area contributed by atoms with E-state index in [1.807, 2.05) is 35.8 Å². The van der Waals surface area contributed by atoms with Crippen LogP contribution in [0.5, 0.6) is 5.75 Å². The van der Waals surface area contributed by atoms with Gasteiger partial charge in [-0.25, -0.2) is 4.99 Å². The maximum Gasteiger partial charge on any atom is 0.196 e. The SMILES string of the molecule is CCNC(=NCc1nncn1CC)Nc1cccc(OCCCOC)c1.I. The Morgan fingerprint density at radius 1 is 1.26 bits per heavy atom. The Morgan fingerprint density at radius 3 is 2.85 bits per heavy atom. The first-order valence-electron chi connectivity index (χ1n) is 8.90. The molecule has 27 heavy (non-hydrogen) atoms. The highest BCUT2D eigenvalue weighted by Crippen LogP contribution is 2.17. The normalized spacial score (nSPS) is 11.0. The number of rotatable bonds is 10. The van der Waals surface area contributed by atoms with Crippen molar-refractivity contribution in [2.24, 2.45) is 4.99 Å². The number of ether oxygens (including phenoxy) is 2. The third-order valence-corrected chi connectivity index (χ3v) is 3.62. The maximum absolute atomic E-state index is 5.74. The van der Waals surface area contributed by atoms with Crippen molar-refractivity contribution >= 4 is 35.6 Å². The number of hydrogen-bond acceptors (Lipinski definition) is 5. The number of nitrogens with one attached hydrogen (secondary N) is 2. The maximum atomic E-state index is 5.74. The lowest BCUT2D eigenvalue weighted by atomic mass is 10.3. The van der Waals surface area contributed by atoms with E-state index in [9.17, 15) is 0 Å². The molecule has 150 valence electrons. The van der Waals surface area contributed by atoms with Gasteiger partial charge in [0, 0.05) is 45.0 Å². The first-order chi connectivity index (χ1) is 12.8. The number of methoxy groups -OCH3 is 1. The third-order valence-electron chi connectivity index (χ3n) is 3.62. The number of halogens is 1.